The molecule has 0 aliphatic carbocycles. The minimum absolute atomic E-state index is 0.0949. The third-order valence-corrected chi connectivity index (χ3v) is 4.12. The number of halogens is 2. The van der Waals surface area contributed by atoms with E-state index in [0.29, 0.717) is 11.0 Å². The SMILES string of the molecule is C[C@@H](NCc1cc(Br)cc([N+](=O)[O-])c1)c1ccc(Br)cc1. The molecule has 110 valence electrons. The molecule has 6 heteroatoms. The Bertz CT molecular complexity index is 645. The second kappa shape index (κ2) is 7.15. The van der Waals surface area contributed by atoms with E-state index in [2.05, 4.69) is 44.1 Å². The van der Waals surface area contributed by atoms with Gasteiger partial charge in [-0.2, -0.15) is 0 Å². The van der Waals surface area contributed by atoms with E-state index in [9.17, 15) is 10.1 Å². The number of hydrogen-bond acceptors (Lipinski definition) is 3. The van der Waals surface area contributed by atoms with Gasteiger partial charge in [0.25, 0.3) is 5.69 Å². The lowest BCUT2D eigenvalue weighted by atomic mass is 10.1. The van der Waals surface area contributed by atoms with Crippen molar-refractivity contribution >= 4 is 37.5 Å². The summed E-state index contributed by atoms with van der Waals surface area (Å²) in [6.07, 6.45) is 0. The first-order valence-corrected chi connectivity index (χ1v) is 7.97. The molecule has 0 radical (unpaired) electrons. The zero-order valence-electron chi connectivity index (χ0n) is 11.3. The van der Waals surface area contributed by atoms with Crippen LogP contribution in [-0.2, 0) is 6.54 Å². The minimum atomic E-state index is -0.383. The van der Waals surface area contributed by atoms with E-state index in [4.69, 9.17) is 0 Å². The van der Waals surface area contributed by atoms with Crippen LogP contribution < -0.4 is 5.32 Å². The first kappa shape index (κ1) is 16.1. The van der Waals surface area contributed by atoms with Gasteiger partial charge in [0.15, 0.2) is 0 Å². The standard InChI is InChI=1S/C15H14Br2N2O2/c1-10(12-2-4-13(16)5-3-12)18-9-11-6-14(17)8-15(7-11)19(20)21/h2-8,10,18H,9H2,1H3/t10-/m1/s1. The van der Waals surface area contributed by atoms with E-state index in [1.807, 2.05) is 30.3 Å². The number of nitrogens with zero attached hydrogens (tertiary/aromatic N) is 1. The first-order chi connectivity index (χ1) is 9.95. The van der Waals surface area contributed by atoms with Crippen molar-refractivity contribution in [3.63, 3.8) is 0 Å². The van der Waals surface area contributed by atoms with E-state index in [1.165, 1.54) is 11.6 Å². The summed E-state index contributed by atoms with van der Waals surface area (Å²) in [7, 11) is 0. The molecule has 0 spiro atoms. The van der Waals surface area contributed by atoms with Crippen molar-refractivity contribution in [3.8, 4) is 0 Å². The van der Waals surface area contributed by atoms with Gasteiger partial charge in [-0.1, -0.05) is 44.0 Å². The summed E-state index contributed by atoms with van der Waals surface area (Å²) < 4.78 is 1.76. The average Bonchev–Trinajstić information content (AvgIpc) is 2.45. The van der Waals surface area contributed by atoms with Gasteiger partial charge < -0.3 is 5.32 Å². The molecule has 0 heterocycles. The van der Waals surface area contributed by atoms with Crippen LogP contribution in [-0.4, -0.2) is 4.92 Å². The Morgan fingerprint density at radius 3 is 2.43 bits per heavy atom. The minimum Gasteiger partial charge on any atom is -0.306 e. The molecule has 1 N–H and O–H groups in total. The zero-order chi connectivity index (χ0) is 15.4. The topological polar surface area (TPSA) is 55.2 Å². The van der Waals surface area contributed by atoms with Crippen molar-refractivity contribution in [2.45, 2.75) is 19.5 Å². The number of benzene rings is 2. The van der Waals surface area contributed by atoms with Crippen molar-refractivity contribution < 1.29 is 4.92 Å². The number of nitro groups is 1. The summed E-state index contributed by atoms with van der Waals surface area (Å²) in [4.78, 5) is 10.5. The molecule has 0 fully saturated rings. The molecule has 2 rings (SSSR count). The van der Waals surface area contributed by atoms with Gasteiger partial charge in [-0.05, 0) is 36.2 Å². The molecule has 1 atom stereocenters. The molecule has 0 amide bonds. The molecule has 0 unspecified atom stereocenters. The van der Waals surface area contributed by atoms with Crippen LogP contribution in [0.1, 0.15) is 24.1 Å². The van der Waals surface area contributed by atoms with Crippen molar-refractivity contribution in [1.82, 2.24) is 5.32 Å². The molecule has 0 aromatic heterocycles. The van der Waals surface area contributed by atoms with E-state index < -0.39 is 0 Å². The highest BCUT2D eigenvalue weighted by molar-refractivity contribution is 9.10. The Morgan fingerprint density at radius 2 is 1.81 bits per heavy atom. The number of hydrogen-bond donors (Lipinski definition) is 1. The fourth-order valence-corrected chi connectivity index (χ4v) is 2.77. The number of non-ortho nitro benzene ring substituents is 1. The van der Waals surface area contributed by atoms with E-state index >= 15 is 0 Å². The van der Waals surface area contributed by atoms with Gasteiger partial charge in [0.05, 0.1) is 4.92 Å². The number of nitrogens with one attached hydrogen (secondary N) is 1. The Labute approximate surface area is 140 Å². The van der Waals surface area contributed by atoms with Crippen LogP contribution in [0.2, 0.25) is 0 Å². The van der Waals surface area contributed by atoms with Gasteiger partial charge >= 0.3 is 0 Å². The lowest BCUT2D eigenvalue weighted by Gasteiger charge is -2.14. The summed E-state index contributed by atoms with van der Waals surface area (Å²) in [5, 5.41) is 14.2. The second-order valence-electron chi connectivity index (χ2n) is 4.73. The van der Waals surface area contributed by atoms with E-state index in [0.717, 1.165) is 10.0 Å². The lowest BCUT2D eigenvalue weighted by molar-refractivity contribution is -0.385. The largest absolute Gasteiger partial charge is 0.306 e. The summed E-state index contributed by atoms with van der Waals surface area (Å²) in [6.45, 7) is 2.63. The van der Waals surface area contributed by atoms with E-state index in [-0.39, 0.29) is 16.7 Å². The monoisotopic (exact) mass is 412 g/mol. The molecule has 0 bridgehead atoms. The van der Waals surface area contributed by atoms with Gasteiger partial charge in [-0.25, -0.2) is 0 Å². The van der Waals surface area contributed by atoms with Crippen LogP contribution in [0.15, 0.2) is 51.4 Å². The predicted octanol–water partition coefficient (Wildman–Crippen LogP) is 4.97. The maximum atomic E-state index is 10.9. The Balaban J connectivity index is 2.05. The van der Waals surface area contributed by atoms with Crippen molar-refractivity contribution in [2.75, 3.05) is 0 Å². The van der Waals surface area contributed by atoms with Gasteiger partial charge in [0, 0.05) is 33.7 Å². The fourth-order valence-electron chi connectivity index (χ4n) is 1.98. The molecular weight excluding hydrogens is 400 g/mol. The van der Waals surface area contributed by atoms with Crippen LogP contribution in [0.25, 0.3) is 0 Å². The smallest absolute Gasteiger partial charge is 0.270 e. The molecule has 2 aromatic rings. The maximum absolute atomic E-state index is 10.9. The van der Waals surface area contributed by atoms with Crippen LogP contribution in [0, 0.1) is 10.1 Å². The highest BCUT2D eigenvalue weighted by Crippen LogP contribution is 2.22. The Kier molecular flexibility index (Phi) is 5.50. The second-order valence-corrected chi connectivity index (χ2v) is 6.56. The third kappa shape index (κ3) is 4.62. The van der Waals surface area contributed by atoms with Crippen molar-refractivity contribution in [2.24, 2.45) is 0 Å². The summed E-state index contributed by atoms with van der Waals surface area (Å²) in [5.41, 5.74) is 2.14. The van der Waals surface area contributed by atoms with Crippen LogP contribution in [0.3, 0.4) is 0 Å². The van der Waals surface area contributed by atoms with Gasteiger partial charge in [-0.15, -0.1) is 0 Å². The zero-order valence-corrected chi connectivity index (χ0v) is 14.5. The van der Waals surface area contributed by atoms with Crippen molar-refractivity contribution in [1.29, 1.82) is 0 Å². The van der Waals surface area contributed by atoms with Crippen LogP contribution in [0.4, 0.5) is 5.69 Å². The van der Waals surface area contributed by atoms with Gasteiger partial charge in [0.2, 0.25) is 0 Å². The average molecular weight is 414 g/mol. The highest BCUT2D eigenvalue weighted by atomic mass is 79.9. The molecule has 0 aliphatic rings. The molecule has 2 aromatic carbocycles. The summed E-state index contributed by atoms with van der Waals surface area (Å²) in [6, 6.07) is 13.2. The number of rotatable bonds is 5. The lowest BCUT2D eigenvalue weighted by Crippen LogP contribution is -2.18. The summed E-state index contributed by atoms with van der Waals surface area (Å²) >= 11 is 6.71. The van der Waals surface area contributed by atoms with Crippen LogP contribution >= 0.6 is 31.9 Å². The number of nitro benzene ring substituents is 1. The predicted molar refractivity (Wildman–Crippen MR) is 90.2 cm³/mol. The molecule has 4 nitrogen and oxygen atoms in total. The van der Waals surface area contributed by atoms with Crippen molar-refractivity contribution in [3.05, 3.63) is 72.7 Å². The fraction of sp³-hybridized carbons (Fsp3) is 0.200. The van der Waals surface area contributed by atoms with Gasteiger partial charge in [0.1, 0.15) is 0 Å². The van der Waals surface area contributed by atoms with E-state index in [1.54, 1.807) is 6.07 Å². The molecule has 0 saturated carbocycles. The molecular formula is C15H14Br2N2O2. The van der Waals surface area contributed by atoms with Gasteiger partial charge in [-0.3, -0.25) is 10.1 Å². The third-order valence-electron chi connectivity index (χ3n) is 3.14. The summed E-state index contributed by atoms with van der Waals surface area (Å²) in [5.74, 6) is 0. The highest BCUT2D eigenvalue weighted by Gasteiger charge is 2.10. The Hall–Kier alpha value is -1.24. The molecule has 0 aliphatic heterocycles. The first-order valence-electron chi connectivity index (χ1n) is 6.38. The maximum Gasteiger partial charge on any atom is 0.270 e. The Morgan fingerprint density at radius 1 is 1.14 bits per heavy atom. The van der Waals surface area contributed by atoms with Crippen LogP contribution in [0.5, 0.6) is 0 Å². The normalized spacial score (nSPS) is 12.1. The molecule has 0 saturated heterocycles. The molecule has 21 heavy (non-hydrogen) atoms. The quantitative estimate of drug-likeness (QED) is 0.556.